The second-order valence-electron chi connectivity index (χ2n) is 5.32. The van der Waals surface area contributed by atoms with Gasteiger partial charge in [-0.05, 0) is 48.2 Å². The van der Waals surface area contributed by atoms with Crippen LogP contribution in [0.25, 0.3) is 0 Å². The van der Waals surface area contributed by atoms with Gasteiger partial charge in [-0.25, -0.2) is 0 Å². The average molecular weight is 392 g/mol. The van der Waals surface area contributed by atoms with Gasteiger partial charge >= 0.3 is 0 Å². The molecule has 0 aromatic heterocycles. The molecule has 0 amide bonds. The van der Waals surface area contributed by atoms with E-state index in [1.165, 1.54) is 24.3 Å². The van der Waals surface area contributed by atoms with Crippen LogP contribution in [-0.4, -0.2) is 25.9 Å². The quantitative estimate of drug-likeness (QED) is 0.728. The van der Waals surface area contributed by atoms with Crippen LogP contribution in [0.15, 0.2) is 46.2 Å². The first-order chi connectivity index (χ1) is 12.1. The topological polar surface area (TPSA) is 156 Å². The number of aryl methyl sites for hydroxylation is 2. The fourth-order valence-corrected chi connectivity index (χ4v) is 3.97. The van der Waals surface area contributed by atoms with Crippen LogP contribution in [0, 0.1) is 22.7 Å². The van der Waals surface area contributed by atoms with Crippen LogP contribution in [0.5, 0.6) is 0 Å². The number of nitriles is 2. The molecule has 0 unspecified atom stereocenters. The van der Waals surface area contributed by atoms with E-state index in [4.69, 9.17) is 10.5 Å². The van der Waals surface area contributed by atoms with Gasteiger partial charge in [0.25, 0.3) is 20.2 Å². The van der Waals surface area contributed by atoms with Crippen molar-refractivity contribution < 1.29 is 25.9 Å². The summed E-state index contributed by atoms with van der Waals surface area (Å²) in [5.41, 5.74) is 0.436. The Morgan fingerprint density at radius 3 is 1.35 bits per heavy atom. The first kappa shape index (κ1) is 19.6. The molecule has 0 spiro atoms. The van der Waals surface area contributed by atoms with Crippen molar-refractivity contribution in [2.45, 2.75) is 22.6 Å². The lowest BCUT2D eigenvalue weighted by molar-refractivity contribution is 0.478. The normalized spacial score (nSPS) is 11.5. The van der Waals surface area contributed by atoms with Gasteiger partial charge in [-0.2, -0.15) is 27.4 Å². The third-order valence-corrected chi connectivity index (χ3v) is 5.48. The van der Waals surface area contributed by atoms with E-state index in [9.17, 15) is 25.9 Å². The summed E-state index contributed by atoms with van der Waals surface area (Å²) in [6, 6.07) is 11.0. The lowest BCUT2D eigenvalue weighted by Crippen LogP contribution is -2.08. The van der Waals surface area contributed by atoms with Crippen molar-refractivity contribution in [3.05, 3.63) is 58.7 Å². The van der Waals surface area contributed by atoms with E-state index >= 15 is 0 Å². The van der Waals surface area contributed by atoms with Gasteiger partial charge in [0.2, 0.25) is 0 Å². The molecule has 26 heavy (non-hydrogen) atoms. The molecule has 0 aliphatic rings. The van der Waals surface area contributed by atoms with Crippen molar-refractivity contribution in [2.75, 3.05) is 0 Å². The average Bonchev–Trinajstić information content (AvgIpc) is 2.58. The van der Waals surface area contributed by atoms with E-state index in [-0.39, 0.29) is 35.1 Å². The molecular weight excluding hydrogens is 380 g/mol. The molecule has 2 aromatic rings. The van der Waals surface area contributed by atoms with Gasteiger partial charge in [-0.1, -0.05) is 12.1 Å². The van der Waals surface area contributed by atoms with Crippen molar-refractivity contribution in [3.8, 4) is 12.1 Å². The summed E-state index contributed by atoms with van der Waals surface area (Å²) in [5.74, 6) is 0. The fraction of sp³-hybridized carbons (Fsp3) is 0.125. The molecule has 2 rings (SSSR count). The molecular formula is C16H12N2O6S2. The fourth-order valence-electron chi connectivity index (χ4n) is 2.41. The highest BCUT2D eigenvalue weighted by atomic mass is 32.2. The van der Waals surface area contributed by atoms with Crippen molar-refractivity contribution in [2.24, 2.45) is 0 Å². The van der Waals surface area contributed by atoms with Gasteiger partial charge in [-0.15, -0.1) is 0 Å². The zero-order chi connectivity index (χ0) is 19.5. The largest absolute Gasteiger partial charge is 0.294 e. The van der Waals surface area contributed by atoms with E-state index in [1.807, 2.05) is 0 Å². The van der Waals surface area contributed by atoms with Crippen molar-refractivity contribution in [3.63, 3.8) is 0 Å². The van der Waals surface area contributed by atoms with Gasteiger partial charge < -0.3 is 0 Å². The maximum atomic E-state index is 11.5. The van der Waals surface area contributed by atoms with Gasteiger partial charge in [0, 0.05) is 0 Å². The van der Waals surface area contributed by atoms with E-state index in [2.05, 4.69) is 0 Å². The van der Waals surface area contributed by atoms with Crippen molar-refractivity contribution in [1.29, 1.82) is 10.5 Å². The molecule has 2 aromatic carbocycles. The summed E-state index contributed by atoms with van der Waals surface area (Å²) >= 11 is 0. The number of hydrogen-bond acceptors (Lipinski definition) is 6. The summed E-state index contributed by atoms with van der Waals surface area (Å²) < 4.78 is 64.7. The molecule has 10 heteroatoms. The van der Waals surface area contributed by atoms with Gasteiger partial charge in [-0.3, -0.25) is 9.11 Å². The molecule has 0 aliphatic heterocycles. The molecule has 134 valence electrons. The van der Waals surface area contributed by atoms with Crippen molar-refractivity contribution in [1.82, 2.24) is 0 Å². The number of benzene rings is 2. The van der Waals surface area contributed by atoms with Crippen LogP contribution in [0.2, 0.25) is 0 Å². The Hall–Kier alpha value is -2.76. The highest BCUT2D eigenvalue weighted by molar-refractivity contribution is 7.86. The molecule has 0 radical (unpaired) electrons. The minimum atomic E-state index is -4.58. The van der Waals surface area contributed by atoms with Crippen molar-refractivity contribution >= 4 is 20.2 Å². The van der Waals surface area contributed by atoms with Crippen LogP contribution in [0.1, 0.15) is 22.3 Å². The predicted molar refractivity (Wildman–Crippen MR) is 89.4 cm³/mol. The third-order valence-electron chi connectivity index (χ3n) is 3.61. The second-order valence-corrected chi connectivity index (χ2v) is 8.10. The zero-order valence-corrected chi connectivity index (χ0v) is 14.7. The molecule has 0 heterocycles. The number of nitrogens with zero attached hydrogens (tertiary/aromatic N) is 2. The van der Waals surface area contributed by atoms with E-state index in [0.717, 1.165) is 12.1 Å². The van der Waals surface area contributed by atoms with Gasteiger partial charge in [0.1, 0.15) is 0 Å². The van der Waals surface area contributed by atoms with Crippen LogP contribution < -0.4 is 0 Å². The molecule has 0 atom stereocenters. The summed E-state index contributed by atoms with van der Waals surface area (Å²) in [4.78, 5) is -0.891. The standard InChI is InChI=1S/C16H12N2O6S2/c17-9-11-1-3-13(15(7-11)25(19,20)21)5-6-14-4-2-12(10-18)8-16(14)26(22,23)24/h1-4,7-8H,5-6H2,(H,19,20,21)(H,22,23,24). The maximum absolute atomic E-state index is 11.5. The number of rotatable bonds is 5. The van der Waals surface area contributed by atoms with Crippen LogP contribution in [0.4, 0.5) is 0 Å². The summed E-state index contributed by atoms with van der Waals surface area (Å²) in [6.45, 7) is 0. The maximum Gasteiger partial charge on any atom is 0.294 e. The number of hydrogen-bond donors (Lipinski definition) is 2. The lowest BCUT2D eigenvalue weighted by Gasteiger charge is -2.10. The Kier molecular flexibility index (Phi) is 5.44. The van der Waals surface area contributed by atoms with E-state index in [1.54, 1.807) is 12.1 Å². The molecule has 8 nitrogen and oxygen atoms in total. The van der Waals surface area contributed by atoms with Crippen LogP contribution >= 0.6 is 0 Å². The molecule has 0 saturated heterocycles. The highest BCUT2D eigenvalue weighted by Crippen LogP contribution is 2.23. The summed E-state index contributed by atoms with van der Waals surface area (Å²) in [7, 11) is -9.16. The summed E-state index contributed by atoms with van der Waals surface area (Å²) in [6.07, 6.45) is 0.0184. The Bertz CT molecular complexity index is 1060. The zero-order valence-electron chi connectivity index (χ0n) is 13.1. The molecule has 0 fully saturated rings. The van der Waals surface area contributed by atoms with Gasteiger partial charge in [0.15, 0.2) is 0 Å². The van der Waals surface area contributed by atoms with E-state index in [0.29, 0.717) is 0 Å². The Balaban J connectivity index is 2.45. The monoisotopic (exact) mass is 392 g/mol. The summed E-state index contributed by atoms with van der Waals surface area (Å²) in [5, 5.41) is 17.7. The van der Waals surface area contributed by atoms with Crippen LogP contribution in [-0.2, 0) is 33.1 Å². The molecule has 2 N–H and O–H groups in total. The highest BCUT2D eigenvalue weighted by Gasteiger charge is 2.19. The Labute approximate surface area is 150 Å². The minimum Gasteiger partial charge on any atom is -0.282 e. The van der Waals surface area contributed by atoms with Crippen LogP contribution in [0.3, 0.4) is 0 Å². The Morgan fingerprint density at radius 2 is 1.08 bits per heavy atom. The van der Waals surface area contributed by atoms with Gasteiger partial charge in [0.05, 0.1) is 33.1 Å². The van der Waals surface area contributed by atoms with E-state index < -0.39 is 30.0 Å². The first-order valence-corrected chi connectivity index (χ1v) is 9.95. The predicted octanol–water partition coefficient (Wildman–Crippen LogP) is 1.71. The first-order valence-electron chi connectivity index (χ1n) is 7.07. The third kappa shape index (κ3) is 4.45. The lowest BCUT2D eigenvalue weighted by atomic mass is 10.0. The molecule has 0 aliphatic carbocycles. The second kappa shape index (κ2) is 7.23. The smallest absolute Gasteiger partial charge is 0.282 e. The Morgan fingerprint density at radius 1 is 0.731 bits per heavy atom. The molecule has 0 saturated carbocycles. The SMILES string of the molecule is N#Cc1ccc(CCc2ccc(C#N)cc2S(=O)(=O)O)c(S(=O)(=O)O)c1. The molecule has 0 bridgehead atoms. The minimum absolute atomic E-state index is 0.00918.